The minimum absolute atomic E-state index is 0.115. The molecule has 0 saturated carbocycles. The molecule has 0 aromatic carbocycles. The highest BCUT2D eigenvalue weighted by molar-refractivity contribution is 5.76. The van der Waals surface area contributed by atoms with Gasteiger partial charge in [0.15, 0.2) is 0 Å². The Bertz CT molecular complexity index is 474. The van der Waals surface area contributed by atoms with Gasteiger partial charge in [0, 0.05) is 27.2 Å². The lowest BCUT2D eigenvalue weighted by atomic mass is 10.2. The molecule has 0 N–H and O–H groups in total. The molecule has 1 aromatic heterocycles. The number of hydrogen-bond donors (Lipinski definition) is 0. The maximum Gasteiger partial charge on any atom is 0.225 e. The number of rotatable bonds is 2. The second-order valence-corrected chi connectivity index (χ2v) is 5.28. The molecule has 7 heteroatoms. The number of aryl methyl sites for hydroxylation is 1. The Morgan fingerprint density at radius 2 is 2.26 bits per heavy atom. The second-order valence-electron chi connectivity index (χ2n) is 5.28. The van der Waals surface area contributed by atoms with Gasteiger partial charge >= 0.3 is 0 Å². The average Bonchev–Trinajstić information content (AvgIpc) is 2.93. The van der Waals surface area contributed by atoms with Crippen LogP contribution in [0.2, 0.25) is 0 Å². The van der Waals surface area contributed by atoms with Crippen LogP contribution in [-0.4, -0.2) is 69.4 Å². The first-order valence-corrected chi connectivity index (χ1v) is 6.57. The number of carbonyl (C=O) groups is 1. The zero-order valence-corrected chi connectivity index (χ0v) is 11.3. The van der Waals surface area contributed by atoms with Crippen LogP contribution < -0.4 is 0 Å². The molecule has 2 aliphatic heterocycles. The predicted molar refractivity (Wildman–Crippen MR) is 67.2 cm³/mol. The second kappa shape index (κ2) is 4.90. The molecule has 1 amide bonds. The van der Waals surface area contributed by atoms with E-state index in [4.69, 9.17) is 4.74 Å². The summed E-state index contributed by atoms with van der Waals surface area (Å²) in [5, 5.41) is 7.99. The van der Waals surface area contributed by atoms with Crippen molar-refractivity contribution < 1.29 is 9.53 Å². The van der Waals surface area contributed by atoms with Gasteiger partial charge in [-0.25, -0.2) is 0 Å². The molecule has 19 heavy (non-hydrogen) atoms. The fourth-order valence-electron chi connectivity index (χ4n) is 2.81. The molecule has 2 atom stereocenters. The molecule has 2 saturated heterocycles. The van der Waals surface area contributed by atoms with Gasteiger partial charge < -0.3 is 14.2 Å². The molecule has 0 aliphatic carbocycles. The zero-order valence-electron chi connectivity index (χ0n) is 11.3. The largest absolute Gasteiger partial charge is 0.374 e. The van der Waals surface area contributed by atoms with E-state index in [1.165, 1.54) is 0 Å². The summed E-state index contributed by atoms with van der Waals surface area (Å²) in [6.07, 6.45) is 2.31. The average molecular weight is 265 g/mol. The summed E-state index contributed by atoms with van der Waals surface area (Å²) in [5.41, 5.74) is 0. The third-order valence-corrected chi connectivity index (χ3v) is 4.02. The van der Waals surface area contributed by atoms with Gasteiger partial charge in [0.05, 0.1) is 31.7 Å². The third kappa shape index (κ3) is 2.35. The molecule has 0 bridgehead atoms. The van der Waals surface area contributed by atoms with Gasteiger partial charge in [-0.05, 0) is 0 Å². The summed E-state index contributed by atoms with van der Waals surface area (Å²) in [7, 11) is 3.82. The number of carbonyl (C=O) groups excluding carboxylic acids is 1. The van der Waals surface area contributed by atoms with Gasteiger partial charge in [-0.3, -0.25) is 9.69 Å². The minimum atomic E-state index is 0.115. The fourth-order valence-corrected chi connectivity index (χ4v) is 2.81. The van der Waals surface area contributed by atoms with Gasteiger partial charge in [-0.15, -0.1) is 10.2 Å². The van der Waals surface area contributed by atoms with Crippen molar-refractivity contribution in [3.63, 3.8) is 0 Å². The van der Waals surface area contributed by atoms with Gasteiger partial charge in [-0.1, -0.05) is 0 Å². The number of ether oxygens (including phenoxy) is 1. The molecule has 2 fully saturated rings. The molecular weight excluding hydrogens is 246 g/mol. The Morgan fingerprint density at radius 1 is 1.42 bits per heavy atom. The fraction of sp³-hybridized carbons (Fsp3) is 0.750. The lowest BCUT2D eigenvalue weighted by molar-refractivity contribution is -0.131. The Hall–Kier alpha value is -1.47. The van der Waals surface area contributed by atoms with Crippen LogP contribution in [-0.2, 0) is 23.1 Å². The molecule has 1 aromatic rings. The van der Waals surface area contributed by atoms with Gasteiger partial charge in [-0.2, -0.15) is 0 Å². The van der Waals surface area contributed by atoms with Crippen LogP contribution in [0.4, 0.5) is 0 Å². The van der Waals surface area contributed by atoms with E-state index >= 15 is 0 Å². The van der Waals surface area contributed by atoms with Crippen LogP contribution in [0.15, 0.2) is 6.33 Å². The topological polar surface area (TPSA) is 63.5 Å². The molecule has 7 nitrogen and oxygen atoms in total. The standard InChI is InChI=1S/C12H19N5O2/c1-15-8-13-14-11(15)7-17-5-9-10(6-17)19-4-3-12(18)16(9)2/h8-10H,3-7H2,1-2H3/t9-,10-/m0/s1. The molecule has 3 rings (SSSR count). The first kappa shape index (κ1) is 12.6. The van der Waals surface area contributed by atoms with Crippen LogP contribution in [0.5, 0.6) is 0 Å². The lowest BCUT2D eigenvalue weighted by Gasteiger charge is -2.25. The lowest BCUT2D eigenvalue weighted by Crippen LogP contribution is -2.42. The van der Waals surface area contributed by atoms with Crippen LogP contribution >= 0.6 is 0 Å². The number of likely N-dealkylation sites (N-methyl/N-ethyl adjacent to an activating group) is 1. The normalized spacial score (nSPS) is 28.5. The van der Waals surface area contributed by atoms with Crippen molar-refractivity contribution in [3.8, 4) is 0 Å². The maximum absolute atomic E-state index is 11.8. The number of fused-ring (bicyclic) bond motifs is 1. The molecule has 0 spiro atoms. The SMILES string of the molecule is CN1C(=O)CCO[C@H]2CN(Cc3nncn3C)C[C@@H]21. The Kier molecular flexibility index (Phi) is 3.24. The number of aromatic nitrogens is 3. The van der Waals surface area contributed by atoms with Crippen molar-refractivity contribution in [2.45, 2.75) is 25.1 Å². The summed E-state index contributed by atoms with van der Waals surface area (Å²) < 4.78 is 7.72. The van der Waals surface area contributed by atoms with Crippen molar-refractivity contribution in [3.05, 3.63) is 12.2 Å². The highest BCUT2D eigenvalue weighted by Crippen LogP contribution is 2.22. The summed E-state index contributed by atoms with van der Waals surface area (Å²) in [6, 6.07) is 0.156. The van der Waals surface area contributed by atoms with Crippen LogP contribution in [0.3, 0.4) is 0 Å². The van der Waals surface area contributed by atoms with E-state index in [2.05, 4.69) is 15.1 Å². The highest BCUT2D eigenvalue weighted by atomic mass is 16.5. The van der Waals surface area contributed by atoms with E-state index in [0.717, 1.165) is 25.5 Å². The summed E-state index contributed by atoms with van der Waals surface area (Å²) in [5.74, 6) is 1.11. The van der Waals surface area contributed by atoms with Crippen LogP contribution in [0.25, 0.3) is 0 Å². The maximum atomic E-state index is 11.8. The van der Waals surface area contributed by atoms with E-state index in [0.29, 0.717) is 13.0 Å². The van der Waals surface area contributed by atoms with Crippen molar-refractivity contribution in [1.29, 1.82) is 0 Å². The molecule has 0 radical (unpaired) electrons. The van der Waals surface area contributed by atoms with Crippen molar-refractivity contribution in [1.82, 2.24) is 24.6 Å². The number of likely N-dealkylation sites (tertiary alicyclic amines) is 1. The van der Waals surface area contributed by atoms with Crippen molar-refractivity contribution >= 4 is 5.91 Å². The molecule has 0 unspecified atom stereocenters. The van der Waals surface area contributed by atoms with E-state index < -0.39 is 0 Å². The Morgan fingerprint density at radius 3 is 3.00 bits per heavy atom. The van der Waals surface area contributed by atoms with E-state index in [9.17, 15) is 4.79 Å². The van der Waals surface area contributed by atoms with Gasteiger partial charge in [0.25, 0.3) is 0 Å². The van der Waals surface area contributed by atoms with E-state index in [1.807, 2.05) is 23.6 Å². The smallest absolute Gasteiger partial charge is 0.225 e. The number of nitrogens with zero attached hydrogens (tertiary/aromatic N) is 5. The summed E-state index contributed by atoms with van der Waals surface area (Å²) in [6.45, 7) is 2.95. The van der Waals surface area contributed by atoms with Gasteiger partial charge in [0.2, 0.25) is 5.91 Å². The quantitative estimate of drug-likeness (QED) is 0.704. The van der Waals surface area contributed by atoms with Crippen molar-refractivity contribution in [2.24, 2.45) is 7.05 Å². The monoisotopic (exact) mass is 265 g/mol. The highest BCUT2D eigenvalue weighted by Gasteiger charge is 2.39. The van der Waals surface area contributed by atoms with Crippen LogP contribution in [0.1, 0.15) is 12.2 Å². The third-order valence-electron chi connectivity index (χ3n) is 4.02. The minimum Gasteiger partial charge on any atom is -0.374 e. The van der Waals surface area contributed by atoms with E-state index in [-0.39, 0.29) is 18.1 Å². The summed E-state index contributed by atoms with van der Waals surface area (Å²) in [4.78, 5) is 15.9. The molecule has 3 heterocycles. The zero-order chi connectivity index (χ0) is 13.4. The molecule has 104 valence electrons. The Labute approximate surface area is 112 Å². The number of amides is 1. The van der Waals surface area contributed by atoms with Crippen LogP contribution in [0, 0.1) is 0 Å². The number of hydrogen-bond acceptors (Lipinski definition) is 5. The first-order valence-electron chi connectivity index (χ1n) is 6.57. The Balaban J connectivity index is 1.69. The predicted octanol–water partition coefficient (Wildman–Crippen LogP) is -0.753. The van der Waals surface area contributed by atoms with Gasteiger partial charge in [0.1, 0.15) is 12.2 Å². The van der Waals surface area contributed by atoms with E-state index in [1.54, 1.807) is 6.33 Å². The summed E-state index contributed by atoms with van der Waals surface area (Å²) >= 11 is 0. The molecule has 2 aliphatic rings. The molecular formula is C12H19N5O2. The first-order chi connectivity index (χ1) is 9.15. The van der Waals surface area contributed by atoms with Crippen molar-refractivity contribution in [2.75, 3.05) is 26.7 Å².